The monoisotopic (exact) mass is 375 g/mol. The van der Waals surface area contributed by atoms with Gasteiger partial charge in [-0.25, -0.2) is 9.67 Å². The van der Waals surface area contributed by atoms with Crippen LogP contribution in [0.1, 0.15) is 5.69 Å². The molecule has 7 heteroatoms. The first-order chi connectivity index (χ1) is 13.2. The van der Waals surface area contributed by atoms with E-state index in [0.717, 1.165) is 28.1 Å². The summed E-state index contributed by atoms with van der Waals surface area (Å²) in [6, 6.07) is 17.7. The third-order valence-corrected chi connectivity index (χ3v) is 4.54. The van der Waals surface area contributed by atoms with E-state index in [1.807, 2.05) is 48.0 Å². The highest BCUT2D eigenvalue weighted by Crippen LogP contribution is 2.27. The number of halogens is 1. The van der Waals surface area contributed by atoms with Crippen molar-refractivity contribution in [3.05, 3.63) is 71.5 Å². The van der Waals surface area contributed by atoms with Gasteiger partial charge in [0, 0.05) is 10.4 Å². The summed E-state index contributed by atoms with van der Waals surface area (Å²) in [5.74, 6) is 0. The van der Waals surface area contributed by atoms with E-state index in [-0.39, 0.29) is 0 Å². The van der Waals surface area contributed by atoms with Gasteiger partial charge < -0.3 is 9.73 Å². The van der Waals surface area contributed by atoms with Crippen LogP contribution in [0.4, 0.5) is 11.7 Å². The predicted octanol–water partition coefficient (Wildman–Crippen LogP) is 5.27. The van der Waals surface area contributed by atoms with Gasteiger partial charge in [0.1, 0.15) is 5.52 Å². The second kappa shape index (κ2) is 6.10. The Balaban J connectivity index is 1.53. The van der Waals surface area contributed by atoms with Gasteiger partial charge in [0.25, 0.3) is 6.01 Å². The number of rotatable bonds is 3. The molecule has 0 aliphatic heterocycles. The van der Waals surface area contributed by atoms with Crippen LogP contribution in [0, 0.1) is 6.92 Å². The highest BCUT2D eigenvalue weighted by atomic mass is 35.5. The Morgan fingerprint density at radius 3 is 2.78 bits per heavy atom. The van der Waals surface area contributed by atoms with Crippen LogP contribution in [0.2, 0.25) is 5.02 Å². The summed E-state index contributed by atoms with van der Waals surface area (Å²) in [5, 5.41) is 9.37. The van der Waals surface area contributed by atoms with Crippen molar-refractivity contribution < 1.29 is 4.42 Å². The van der Waals surface area contributed by atoms with Crippen molar-refractivity contribution in [1.82, 2.24) is 19.7 Å². The molecule has 0 atom stereocenters. The minimum absolute atomic E-state index is 0.390. The molecule has 0 aliphatic rings. The van der Waals surface area contributed by atoms with E-state index in [9.17, 15) is 0 Å². The molecule has 0 saturated heterocycles. The maximum absolute atomic E-state index is 6.00. The van der Waals surface area contributed by atoms with Gasteiger partial charge in [0.15, 0.2) is 11.2 Å². The fraction of sp³-hybridized carbons (Fsp3) is 0.0500. The van der Waals surface area contributed by atoms with Gasteiger partial charge in [-0.1, -0.05) is 29.8 Å². The zero-order valence-corrected chi connectivity index (χ0v) is 15.1. The van der Waals surface area contributed by atoms with Crippen LogP contribution in [0.5, 0.6) is 0 Å². The fourth-order valence-electron chi connectivity index (χ4n) is 3.04. The number of nitrogens with zero attached hydrogens (tertiary/aromatic N) is 4. The number of nitrogens with one attached hydrogen (secondary N) is 1. The van der Waals surface area contributed by atoms with Crippen molar-refractivity contribution in [3.8, 4) is 5.69 Å². The Kier molecular flexibility index (Phi) is 3.58. The lowest BCUT2D eigenvalue weighted by atomic mass is 10.2. The van der Waals surface area contributed by atoms with Crippen molar-refractivity contribution in [2.24, 2.45) is 0 Å². The summed E-state index contributed by atoms with van der Waals surface area (Å²) in [6.07, 6.45) is 1.74. The largest absolute Gasteiger partial charge is 0.423 e. The molecule has 0 spiro atoms. The Morgan fingerprint density at radius 2 is 1.93 bits per heavy atom. The van der Waals surface area contributed by atoms with Crippen molar-refractivity contribution in [1.29, 1.82) is 0 Å². The first-order valence-corrected chi connectivity index (χ1v) is 8.79. The standard InChI is InChI=1S/C20H14ClN5O/c1-12-16-10-14(23-20-24-17-9-13(21)7-8-18(17)27-20)11-22-19(16)26(25-12)15-5-3-2-4-6-15/h2-11H,1H3,(H,23,24). The lowest BCUT2D eigenvalue weighted by Gasteiger charge is -2.04. The average Bonchev–Trinajstić information content (AvgIpc) is 3.22. The normalized spacial score (nSPS) is 11.3. The third kappa shape index (κ3) is 2.80. The number of hydrogen-bond donors (Lipinski definition) is 1. The molecule has 1 N–H and O–H groups in total. The molecule has 0 fully saturated rings. The second-order valence-electron chi connectivity index (χ2n) is 6.18. The van der Waals surface area contributed by atoms with Gasteiger partial charge in [-0.05, 0) is 43.3 Å². The van der Waals surface area contributed by atoms with Gasteiger partial charge in [0.2, 0.25) is 0 Å². The van der Waals surface area contributed by atoms with E-state index in [1.165, 1.54) is 0 Å². The lowest BCUT2D eigenvalue weighted by molar-refractivity contribution is 0.623. The van der Waals surface area contributed by atoms with E-state index in [0.29, 0.717) is 22.1 Å². The van der Waals surface area contributed by atoms with Crippen LogP contribution in [0.15, 0.2) is 65.2 Å². The Hall–Kier alpha value is -3.38. The summed E-state index contributed by atoms with van der Waals surface area (Å²) >= 11 is 6.00. The third-order valence-electron chi connectivity index (χ3n) is 4.31. The van der Waals surface area contributed by atoms with Gasteiger partial charge in [0.05, 0.1) is 23.3 Å². The second-order valence-corrected chi connectivity index (χ2v) is 6.62. The Bertz CT molecular complexity index is 1280. The summed E-state index contributed by atoms with van der Waals surface area (Å²) in [5.41, 5.74) is 4.81. The minimum atomic E-state index is 0.390. The Labute approximate surface area is 159 Å². The van der Waals surface area contributed by atoms with Crippen LogP contribution in [0.25, 0.3) is 27.8 Å². The summed E-state index contributed by atoms with van der Waals surface area (Å²) in [7, 11) is 0. The molecule has 132 valence electrons. The molecule has 0 saturated carbocycles. The van der Waals surface area contributed by atoms with Crippen LogP contribution in [-0.4, -0.2) is 19.7 Å². The number of pyridine rings is 1. The zero-order valence-electron chi connectivity index (χ0n) is 14.3. The van der Waals surface area contributed by atoms with Gasteiger partial charge in [-0.15, -0.1) is 0 Å². The van der Waals surface area contributed by atoms with Crippen molar-refractivity contribution >= 4 is 45.4 Å². The summed E-state index contributed by atoms with van der Waals surface area (Å²) in [6.45, 7) is 1.97. The molecule has 6 nitrogen and oxygen atoms in total. The maximum Gasteiger partial charge on any atom is 0.300 e. The molecular formula is C20H14ClN5O. The van der Waals surface area contributed by atoms with E-state index in [2.05, 4.69) is 20.4 Å². The highest BCUT2D eigenvalue weighted by Gasteiger charge is 2.12. The molecule has 27 heavy (non-hydrogen) atoms. The first kappa shape index (κ1) is 15.8. The molecule has 3 aromatic heterocycles. The minimum Gasteiger partial charge on any atom is -0.423 e. The van der Waals surface area contributed by atoms with Crippen molar-refractivity contribution in [2.45, 2.75) is 6.92 Å². The fourth-order valence-corrected chi connectivity index (χ4v) is 3.21. The molecular weight excluding hydrogens is 362 g/mol. The van der Waals surface area contributed by atoms with Crippen LogP contribution in [-0.2, 0) is 0 Å². The maximum atomic E-state index is 6.00. The zero-order chi connectivity index (χ0) is 18.4. The van der Waals surface area contributed by atoms with Gasteiger partial charge in [-0.2, -0.15) is 10.1 Å². The number of anilines is 2. The molecule has 0 radical (unpaired) electrons. The highest BCUT2D eigenvalue weighted by molar-refractivity contribution is 6.31. The molecule has 2 aromatic carbocycles. The molecule has 0 unspecified atom stereocenters. The van der Waals surface area contributed by atoms with Crippen molar-refractivity contribution in [3.63, 3.8) is 0 Å². The topological polar surface area (TPSA) is 68.8 Å². The number of aryl methyl sites for hydroxylation is 1. The van der Waals surface area contributed by atoms with Crippen LogP contribution >= 0.6 is 11.6 Å². The Morgan fingerprint density at radius 1 is 1.07 bits per heavy atom. The van der Waals surface area contributed by atoms with E-state index in [4.69, 9.17) is 16.0 Å². The first-order valence-electron chi connectivity index (χ1n) is 8.41. The van der Waals surface area contributed by atoms with E-state index >= 15 is 0 Å². The number of oxazole rings is 1. The number of aromatic nitrogens is 4. The number of fused-ring (bicyclic) bond motifs is 2. The number of para-hydroxylation sites is 1. The van der Waals surface area contributed by atoms with E-state index < -0.39 is 0 Å². The molecule has 0 amide bonds. The van der Waals surface area contributed by atoms with Gasteiger partial charge in [-0.3, -0.25) is 0 Å². The quantitative estimate of drug-likeness (QED) is 0.465. The van der Waals surface area contributed by atoms with Gasteiger partial charge >= 0.3 is 0 Å². The molecule has 0 aliphatic carbocycles. The number of benzene rings is 2. The van der Waals surface area contributed by atoms with Crippen LogP contribution < -0.4 is 5.32 Å². The molecule has 5 rings (SSSR count). The van der Waals surface area contributed by atoms with Crippen LogP contribution in [0.3, 0.4) is 0 Å². The summed E-state index contributed by atoms with van der Waals surface area (Å²) < 4.78 is 7.56. The molecule has 5 aromatic rings. The van der Waals surface area contributed by atoms with E-state index in [1.54, 1.807) is 24.4 Å². The molecule has 3 heterocycles. The number of hydrogen-bond acceptors (Lipinski definition) is 5. The smallest absolute Gasteiger partial charge is 0.300 e. The average molecular weight is 376 g/mol. The van der Waals surface area contributed by atoms with Crippen molar-refractivity contribution in [2.75, 3.05) is 5.32 Å². The summed E-state index contributed by atoms with van der Waals surface area (Å²) in [4.78, 5) is 9.00. The molecule has 0 bridgehead atoms. The SMILES string of the molecule is Cc1nn(-c2ccccc2)c2ncc(Nc3nc4cc(Cl)ccc4o3)cc12. The predicted molar refractivity (Wildman–Crippen MR) is 106 cm³/mol. The lowest BCUT2D eigenvalue weighted by Crippen LogP contribution is -1.98.